The van der Waals surface area contributed by atoms with Gasteiger partial charge in [-0.05, 0) is 55.4 Å². The third kappa shape index (κ3) is 4.68. The van der Waals surface area contributed by atoms with Gasteiger partial charge in [0.05, 0.1) is 0 Å². The molecule has 5 nitrogen and oxygen atoms in total. The SMILES string of the molecule is CC(C)Cc1ccc(-c2nc(-c3ccc([C@H](C)NC4CC(C=O)C4)cc3)no2)cc1. The monoisotopic (exact) mass is 403 g/mol. The molecule has 0 spiro atoms. The summed E-state index contributed by atoms with van der Waals surface area (Å²) in [6.07, 6.45) is 4.01. The van der Waals surface area contributed by atoms with Crippen LogP contribution in [0.15, 0.2) is 53.1 Å². The normalized spacial score (nSPS) is 19.5. The van der Waals surface area contributed by atoms with Gasteiger partial charge in [-0.25, -0.2) is 0 Å². The molecule has 4 rings (SSSR count). The molecular weight excluding hydrogens is 374 g/mol. The highest BCUT2D eigenvalue weighted by Crippen LogP contribution is 2.29. The van der Waals surface area contributed by atoms with Gasteiger partial charge in [-0.15, -0.1) is 0 Å². The first-order valence-corrected chi connectivity index (χ1v) is 10.8. The molecule has 0 unspecified atom stereocenters. The topological polar surface area (TPSA) is 68.0 Å². The van der Waals surface area contributed by atoms with E-state index in [1.54, 1.807) is 0 Å². The van der Waals surface area contributed by atoms with Crippen LogP contribution in [0.5, 0.6) is 0 Å². The third-order valence-corrected chi connectivity index (χ3v) is 5.79. The first kappa shape index (κ1) is 20.5. The van der Waals surface area contributed by atoms with Gasteiger partial charge < -0.3 is 14.6 Å². The summed E-state index contributed by atoms with van der Waals surface area (Å²) in [6.45, 7) is 6.59. The number of rotatable bonds is 8. The van der Waals surface area contributed by atoms with Crippen molar-refractivity contribution in [2.45, 2.75) is 52.1 Å². The van der Waals surface area contributed by atoms with Crippen LogP contribution >= 0.6 is 0 Å². The van der Waals surface area contributed by atoms with Crippen molar-refractivity contribution in [2.24, 2.45) is 11.8 Å². The lowest BCUT2D eigenvalue weighted by Gasteiger charge is -2.34. The summed E-state index contributed by atoms with van der Waals surface area (Å²) in [5.41, 5.74) is 4.39. The van der Waals surface area contributed by atoms with Gasteiger partial charge in [0, 0.05) is 29.1 Å². The fourth-order valence-corrected chi connectivity index (χ4v) is 3.99. The van der Waals surface area contributed by atoms with E-state index in [2.05, 4.69) is 60.5 Å². The van der Waals surface area contributed by atoms with Gasteiger partial charge >= 0.3 is 0 Å². The van der Waals surface area contributed by atoms with Crippen molar-refractivity contribution in [1.82, 2.24) is 15.5 Å². The Balaban J connectivity index is 1.40. The fraction of sp³-hybridized carbons (Fsp3) is 0.400. The Morgan fingerprint density at radius 2 is 1.70 bits per heavy atom. The maximum absolute atomic E-state index is 10.8. The van der Waals surface area contributed by atoms with Gasteiger partial charge in [0.2, 0.25) is 5.82 Å². The Labute approximate surface area is 177 Å². The van der Waals surface area contributed by atoms with Crippen molar-refractivity contribution in [3.63, 3.8) is 0 Å². The molecule has 156 valence electrons. The lowest BCUT2D eigenvalue weighted by molar-refractivity contribution is -0.113. The third-order valence-electron chi connectivity index (χ3n) is 5.79. The maximum Gasteiger partial charge on any atom is 0.258 e. The zero-order valence-corrected chi connectivity index (χ0v) is 17.8. The molecule has 0 saturated heterocycles. The Bertz CT molecular complexity index is 970. The molecule has 0 radical (unpaired) electrons. The van der Waals surface area contributed by atoms with Crippen LogP contribution in [0.2, 0.25) is 0 Å². The van der Waals surface area contributed by atoms with Gasteiger partial charge in [-0.1, -0.05) is 55.4 Å². The Kier molecular flexibility index (Phi) is 6.09. The minimum atomic E-state index is 0.232. The number of benzene rings is 2. The molecule has 0 aliphatic heterocycles. The summed E-state index contributed by atoms with van der Waals surface area (Å²) in [4.78, 5) is 15.3. The highest BCUT2D eigenvalue weighted by atomic mass is 16.5. The second kappa shape index (κ2) is 8.92. The lowest BCUT2D eigenvalue weighted by atomic mass is 9.81. The molecule has 0 bridgehead atoms. The van der Waals surface area contributed by atoms with Gasteiger partial charge in [-0.2, -0.15) is 4.98 Å². The Morgan fingerprint density at radius 1 is 1.03 bits per heavy atom. The molecule has 3 aromatic rings. The van der Waals surface area contributed by atoms with E-state index in [-0.39, 0.29) is 12.0 Å². The van der Waals surface area contributed by atoms with E-state index >= 15 is 0 Å². The number of carbonyl (C=O) groups is 1. The molecule has 5 heteroatoms. The van der Waals surface area contributed by atoms with Crippen molar-refractivity contribution in [3.8, 4) is 22.8 Å². The van der Waals surface area contributed by atoms with E-state index in [0.717, 1.165) is 36.7 Å². The van der Waals surface area contributed by atoms with Gasteiger partial charge in [0.1, 0.15) is 6.29 Å². The number of hydrogen-bond donors (Lipinski definition) is 1. The van der Waals surface area contributed by atoms with Crippen molar-refractivity contribution >= 4 is 6.29 Å². The smallest absolute Gasteiger partial charge is 0.258 e. The van der Waals surface area contributed by atoms with Crippen LogP contribution in [-0.2, 0) is 11.2 Å². The van der Waals surface area contributed by atoms with E-state index in [4.69, 9.17) is 4.52 Å². The zero-order chi connectivity index (χ0) is 21.1. The van der Waals surface area contributed by atoms with Crippen LogP contribution in [-0.4, -0.2) is 22.5 Å². The Morgan fingerprint density at radius 3 is 2.33 bits per heavy atom. The fourth-order valence-electron chi connectivity index (χ4n) is 3.99. The first-order valence-electron chi connectivity index (χ1n) is 10.8. The average Bonchev–Trinajstić information content (AvgIpc) is 3.20. The molecule has 1 N–H and O–H groups in total. The molecule has 0 amide bonds. The zero-order valence-electron chi connectivity index (χ0n) is 17.8. The van der Waals surface area contributed by atoms with Crippen LogP contribution in [0.4, 0.5) is 0 Å². The standard InChI is InChI=1S/C25H29N3O2/c1-16(2)12-18-4-6-22(7-5-18)25-27-24(28-30-25)21-10-8-20(9-11-21)17(3)26-23-13-19(14-23)15-29/h4-11,15-17,19,23,26H,12-14H2,1-3H3/t17-,19?,23?/m0/s1. The number of nitrogens with zero attached hydrogens (tertiary/aromatic N) is 2. The van der Waals surface area contributed by atoms with E-state index in [1.165, 1.54) is 11.1 Å². The first-order chi connectivity index (χ1) is 14.5. The molecule has 1 atom stereocenters. The molecule has 2 aromatic carbocycles. The molecule has 1 aliphatic rings. The number of nitrogens with one attached hydrogen (secondary N) is 1. The van der Waals surface area contributed by atoms with Crippen molar-refractivity contribution in [2.75, 3.05) is 0 Å². The van der Waals surface area contributed by atoms with Crippen molar-refractivity contribution in [3.05, 3.63) is 59.7 Å². The molecule has 30 heavy (non-hydrogen) atoms. The molecule has 1 heterocycles. The van der Waals surface area contributed by atoms with Crippen molar-refractivity contribution < 1.29 is 9.32 Å². The van der Waals surface area contributed by atoms with E-state index in [1.807, 2.05) is 24.3 Å². The highest BCUT2D eigenvalue weighted by molar-refractivity contribution is 5.60. The number of aromatic nitrogens is 2. The second-order valence-electron chi connectivity index (χ2n) is 8.79. The summed E-state index contributed by atoms with van der Waals surface area (Å²) in [5.74, 6) is 2.00. The summed E-state index contributed by atoms with van der Waals surface area (Å²) in [6, 6.07) is 17.3. The minimum Gasteiger partial charge on any atom is -0.334 e. The average molecular weight is 404 g/mol. The molecule has 1 fully saturated rings. The largest absolute Gasteiger partial charge is 0.334 e. The van der Waals surface area contributed by atoms with E-state index < -0.39 is 0 Å². The second-order valence-corrected chi connectivity index (χ2v) is 8.79. The molecule has 1 aromatic heterocycles. The predicted molar refractivity (Wildman–Crippen MR) is 118 cm³/mol. The molecular formula is C25H29N3O2. The van der Waals surface area contributed by atoms with Gasteiger partial charge in [0.25, 0.3) is 5.89 Å². The van der Waals surface area contributed by atoms with E-state index in [0.29, 0.717) is 23.7 Å². The number of aldehydes is 1. The summed E-state index contributed by atoms with van der Waals surface area (Å²) in [5, 5.41) is 7.75. The molecule has 1 saturated carbocycles. The van der Waals surface area contributed by atoms with E-state index in [9.17, 15) is 4.79 Å². The summed E-state index contributed by atoms with van der Waals surface area (Å²) < 4.78 is 5.50. The van der Waals surface area contributed by atoms with Crippen LogP contribution in [0.25, 0.3) is 22.8 Å². The highest BCUT2D eigenvalue weighted by Gasteiger charge is 2.29. The van der Waals surface area contributed by atoms with Crippen LogP contribution in [0.1, 0.15) is 50.8 Å². The van der Waals surface area contributed by atoms with Crippen LogP contribution < -0.4 is 5.32 Å². The number of carbonyl (C=O) groups excluding carboxylic acids is 1. The van der Waals surface area contributed by atoms with Crippen LogP contribution in [0, 0.1) is 11.8 Å². The number of hydrogen-bond acceptors (Lipinski definition) is 5. The van der Waals surface area contributed by atoms with Crippen molar-refractivity contribution in [1.29, 1.82) is 0 Å². The summed E-state index contributed by atoms with van der Waals surface area (Å²) >= 11 is 0. The quantitative estimate of drug-likeness (QED) is 0.522. The van der Waals surface area contributed by atoms with Gasteiger partial charge in [-0.3, -0.25) is 0 Å². The minimum absolute atomic E-state index is 0.232. The van der Waals surface area contributed by atoms with Crippen LogP contribution in [0.3, 0.4) is 0 Å². The predicted octanol–water partition coefficient (Wildman–Crippen LogP) is 5.23. The molecule has 1 aliphatic carbocycles. The van der Waals surface area contributed by atoms with Gasteiger partial charge in [0.15, 0.2) is 0 Å². The Hall–Kier alpha value is -2.79. The lowest BCUT2D eigenvalue weighted by Crippen LogP contribution is -2.42. The summed E-state index contributed by atoms with van der Waals surface area (Å²) in [7, 11) is 0. The maximum atomic E-state index is 10.8.